The summed E-state index contributed by atoms with van der Waals surface area (Å²) in [4.78, 5) is 8.78. The lowest BCUT2D eigenvalue weighted by atomic mass is 9.85. The van der Waals surface area contributed by atoms with Crippen LogP contribution in [0.4, 0.5) is 0 Å². The first kappa shape index (κ1) is 18.9. The fourth-order valence-electron chi connectivity index (χ4n) is 3.64. The lowest BCUT2D eigenvalue weighted by molar-refractivity contribution is 0.590. The number of fused-ring (bicyclic) bond motifs is 3. The van der Waals surface area contributed by atoms with Crippen molar-refractivity contribution in [2.75, 3.05) is 0 Å². The van der Waals surface area contributed by atoms with Gasteiger partial charge in [0.1, 0.15) is 5.15 Å². The van der Waals surface area contributed by atoms with E-state index in [1.54, 1.807) is 12.4 Å². The molecule has 0 saturated carbocycles. The van der Waals surface area contributed by atoms with Gasteiger partial charge in [-0.2, -0.15) is 0 Å². The molecule has 0 aliphatic heterocycles. The number of aromatic nitrogens is 3. The monoisotopic (exact) mass is 391 g/mol. The van der Waals surface area contributed by atoms with Crippen LogP contribution in [0, 0.1) is 0 Å². The Morgan fingerprint density at radius 2 is 1.25 bits per heavy atom. The molecule has 144 valence electrons. The van der Waals surface area contributed by atoms with Crippen LogP contribution in [0.25, 0.3) is 27.6 Å². The summed E-state index contributed by atoms with van der Waals surface area (Å²) in [5, 5.41) is 2.86. The first-order chi connectivity index (χ1) is 13.1. The first-order valence-corrected chi connectivity index (χ1v) is 10.0. The molecule has 0 atom stereocenters. The molecule has 0 radical (unpaired) electrons. The van der Waals surface area contributed by atoms with Crippen molar-refractivity contribution in [3.05, 3.63) is 65.1 Å². The highest BCUT2D eigenvalue weighted by molar-refractivity contribution is 6.29. The highest BCUT2D eigenvalue weighted by atomic mass is 35.5. The lowest BCUT2D eigenvalue weighted by Crippen LogP contribution is -2.10. The van der Waals surface area contributed by atoms with Crippen LogP contribution in [-0.2, 0) is 10.8 Å². The van der Waals surface area contributed by atoms with Gasteiger partial charge in [0.25, 0.3) is 0 Å². The maximum Gasteiger partial charge on any atom is 0.157 e. The largest absolute Gasteiger partial charge is 0.292 e. The quantitative estimate of drug-likeness (QED) is 0.356. The minimum absolute atomic E-state index is 0.0834. The molecule has 0 aliphatic rings. The average molecular weight is 392 g/mol. The third-order valence-electron chi connectivity index (χ3n) is 5.32. The molecule has 0 aliphatic carbocycles. The van der Waals surface area contributed by atoms with Crippen LogP contribution in [0.5, 0.6) is 0 Å². The van der Waals surface area contributed by atoms with E-state index in [0.717, 1.165) is 16.9 Å². The lowest BCUT2D eigenvalue weighted by Gasteiger charge is -2.19. The van der Waals surface area contributed by atoms with Crippen molar-refractivity contribution in [3.63, 3.8) is 0 Å². The fraction of sp³-hybridized carbons (Fsp3) is 0.333. The predicted molar refractivity (Wildman–Crippen MR) is 119 cm³/mol. The van der Waals surface area contributed by atoms with E-state index >= 15 is 0 Å². The van der Waals surface area contributed by atoms with E-state index in [-0.39, 0.29) is 10.8 Å². The van der Waals surface area contributed by atoms with Crippen molar-refractivity contribution in [2.24, 2.45) is 0 Å². The van der Waals surface area contributed by atoms with Gasteiger partial charge < -0.3 is 0 Å². The van der Waals surface area contributed by atoms with E-state index in [9.17, 15) is 0 Å². The first-order valence-electron chi connectivity index (χ1n) is 9.63. The zero-order chi connectivity index (χ0) is 20.3. The molecule has 4 heteroatoms. The number of nitrogens with zero attached hydrogens (tertiary/aromatic N) is 3. The minimum Gasteiger partial charge on any atom is -0.292 e. The van der Waals surface area contributed by atoms with E-state index < -0.39 is 0 Å². The second-order valence-electron chi connectivity index (χ2n) is 9.50. The zero-order valence-electron chi connectivity index (χ0n) is 17.3. The van der Waals surface area contributed by atoms with Gasteiger partial charge in [0.15, 0.2) is 5.82 Å². The average Bonchev–Trinajstić information content (AvgIpc) is 2.93. The molecule has 2 heterocycles. The van der Waals surface area contributed by atoms with Crippen LogP contribution in [0.15, 0.2) is 48.8 Å². The summed E-state index contributed by atoms with van der Waals surface area (Å²) in [7, 11) is 0. The Hall–Kier alpha value is -2.39. The van der Waals surface area contributed by atoms with Crippen molar-refractivity contribution in [1.29, 1.82) is 0 Å². The zero-order valence-corrected chi connectivity index (χ0v) is 18.1. The van der Waals surface area contributed by atoms with Gasteiger partial charge in [-0.15, -0.1) is 0 Å². The Morgan fingerprint density at radius 3 is 1.68 bits per heavy atom. The van der Waals surface area contributed by atoms with Crippen molar-refractivity contribution in [2.45, 2.75) is 52.4 Å². The highest BCUT2D eigenvalue weighted by Gasteiger charge is 2.21. The normalized spacial score (nSPS) is 12.8. The second kappa shape index (κ2) is 6.31. The minimum atomic E-state index is 0.0834. The predicted octanol–water partition coefficient (Wildman–Crippen LogP) is 6.82. The molecule has 3 nitrogen and oxygen atoms in total. The Bertz CT molecular complexity index is 1120. The molecule has 2 aromatic heterocycles. The van der Waals surface area contributed by atoms with Crippen LogP contribution in [0.1, 0.15) is 52.7 Å². The van der Waals surface area contributed by atoms with Gasteiger partial charge in [-0.3, -0.25) is 9.55 Å². The molecule has 0 fully saturated rings. The maximum atomic E-state index is 6.15. The van der Waals surface area contributed by atoms with E-state index in [0.29, 0.717) is 5.15 Å². The molecule has 0 amide bonds. The SMILES string of the molecule is CC(C)(C)c1ccc2c(c1)c1cc(C(C)(C)C)ccc1n2-c1cncc(Cl)n1. The molecular formula is C24H26ClN3. The summed E-state index contributed by atoms with van der Waals surface area (Å²) in [6.07, 6.45) is 3.33. The van der Waals surface area contributed by atoms with Gasteiger partial charge in [0, 0.05) is 10.8 Å². The number of rotatable bonds is 1. The molecule has 4 rings (SSSR count). The summed E-state index contributed by atoms with van der Waals surface area (Å²) in [5.41, 5.74) is 5.03. The van der Waals surface area contributed by atoms with Crippen LogP contribution in [0.3, 0.4) is 0 Å². The summed E-state index contributed by atoms with van der Waals surface area (Å²) in [5.74, 6) is 0.736. The Morgan fingerprint density at radius 1 is 0.750 bits per heavy atom. The van der Waals surface area contributed by atoms with Gasteiger partial charge in [-0.1, -0.05) is 65.3 Å². The Kier molecular flexibility index (Phi) is 4.27. The third kappa shape index (κ3) is 3.18. The molecule has 0 spiro atoms. The maximum absolute atomic E-state index is 6.15. The topological polar surface area (TPSA) is 30.7 Å². The number of benzene rings is 2. The number of hydrogen-bond acceptors (Lipinski definition) is 2. The molecule has 0 bridgehead atoms. The Labute approximate surface area is 171 Å². The molecule has 4 aromatic rings. The molecular weight excluding hydrogens is 366 g/mol. The van der Waals surface area contributed by atoms with Crippen molar-refractivity contribution < 1.29 is 0 Å². The van der Waals surface area contributed by atoms with E-state index in [4.69, 9.17) is 11.6 Å². The smallest absolute Gasteiger partial charge is 0.157 e. The highest BCUT2D eigenvalue weighted by Crippen LogP contribution is 2.37. The third-order valence-corrected chi connectivity index (χ3v) is 5.50. The second-order valence-corrected chi connectivity index (χ2v) is 9.89. The molecule has 0 unspecified atom stereocenters. The standard InChI is InChI=1S/C24H26ClN3/c1-23(2,3)15-7-9-19-17(11-15)18-12-16(24(4,5)6)8-10-20(18)28(19)22-14-26-13-21(25)27-22/h7-14H,1-6H3. The summed E-state index contributed by atoms with van der Waals surface area (Å²) >= 11 is 6.15. The van der Waals surface area contributed by atoms with E-state index in [2.05, 4.69) is 92.5 Å². The van der Waals surface area contributed by atoms with Gasteiger partial charge >= 0.3 is 0 Å². The van der Waals surface area contributed by atoms with Crippen LogP contribution in [-0.4, -0.2) is 14.5 Å². The van der Waals surface area contributed by atoms with Gasteiger partial charge in [-0.25, -0.2) is 4.98 Å². The summed E-state index contributed by atoms with van der Waals surface area (Å²) < 4.78 is 2.16. The van der Waals surface area contributed by atoms with E-state index in [1.807, 2.05) is 0 Å². The van der Waals surface area contributed by atoms with Crippen LogP contribution < -0.4 is 0 Å². The van der Waals surface area contributed by atoms with Gasteiger partial charge in [0.05, 0.1) is 23.4 Å². The van der Waals surface area contributed by atoms with E-state index in [1.165, 1.54) is 21.9 Å². The van der Waals surface area contributed by atoms with Gasteiger partial charge in [0.2, 0.25) is 0 Å². The Balaban J connectivity index is 2.13. The fourth-order valence-corrected chi connectivity index (χ4v) is 3.79. The summed E-state index contributed by atoms with van der Waals surface area (Å²) in [6.45, 7) is 13.5. The molecule has 0 N–H and O–H groups in total. The molecule has 0 saturated heterocycles. The van der Waals surface area contributed by atoms with Crippen molar-refractivity contribution in [1.82, 2.24) is 14.5 Å². The molecule has 2 aromatic carbocycles. The summed E-state index contributed by atoms with van der Waals surface area (Å²) in [6, 6.07) is 13.4. The van der Waals surface area contributed by atoms with Crippen LogP contribution >= 0.6 is 11.6 Å². The number of hydrogen-bond donors (Lipinski definition) is 0. The number of halogens is 1. The molecule has 28 heavy (non-hydrogen) atoms. The van der Waals surface area contributed by atoms with Gasteiger partial charge in [-0.05, 0) is 46.2 Å². The van der Waals surface area contributed by atoms with Crippen molar-refractivity contribution >= 4 is 33.4 Å². The van der Waals surface area contributed by atoms with Crippen molar-refractivity contribution in [3.8, 4) is 5.82 Å². The van der Waals surface area contributed by atoms with Crippen LogP contribution in [0.2, 0.25) is 5.15 Å².